The van der Waals surface area contributed by atoms with Crippen LogP contribution in [0.2, 0.25) is 5.02 Å². The predicted molar refractivity (Wildman–Crippen MR) is 144 cm³/mol. The Morgan fingerprint density at radius 3 is 2.50 bits per heavy atom. The van der Waals surface area contributed by atoms with Crippen molar-refractivity contribution in [3.05, 3.63) is 100 Å². The van der Waals surface area contributed by atoms with Crippen molar-refractivity contribution in [1.29, 1.82) is 0 Å². The minimum absolute atomic E-state index is 0.0545. The zero-order valence-corrected chi connectivity index (χ0v) is 22.6. The molecule has 38 heavy (non-hydrogen) atoms. The normalized spacial score (nSPS) is 12.2. The molecule has 3 N–H and O–H groups in total. The Balaban J connectivity index is 1.80. The van der Waals surface area contributed by atoms with Crippen LogP contribution >= 0.6 is 11.6 Å². The highest BCUT2D eigenvalue weighted by molar-refractivity contribution is 7.89. The van der Waals surface area contributed by atoms with E-state index in [1.165, 1.54) is 25.0 Å². The molecule has 198 valence electrons. The number of hydrogen-bond donors (Lipinski definition) is 2. The summed E-state index contributed by atoms with van der Waals surface area (Å²) < 4.78 is 42.2. The second-order valence-corrected chi connectivity index (χ2v) is 10.7. The summed E-state index contributed by atoms with van der Waals surface area (Å²) in [6.45, 7) is 1.79. The molecular weight excluding hydrogens is 528 g/mol. The third-order valence-corrected chi connectivity index (χ3v) is 7.79. The van der Waals surface area contributed by atoms with Gasteiger partial charge >= 0.3 is 0 Å². The number of methoxy groups -OCH3 is 2. The average Bonchev–Trinajstić information content (AvgIpc) is 3.34. The molecule has 1 aromatic heterocycles. The molecule has 0 aliphatic carbocycles. The Hall–Kier alpha value is -3.86. The highest BCUT2D eigenvalue weighted by Crippen LogP contribution is 2.33. The van der Waals surface area contributed by atoms with Crippen LogP contribution < -0.4 is 19.9 Å². The van der Waals surface area contributed by atoms with Crippen LogP contribution in [0.3, 0.4) is 0 Å². The minimum Gasteiger partial charge on any atom is -0.497 e. The molecule has 1 heterocycles. The van der Waals surface area contributed by atoms with Crippen molar-refractivity contribution in [1.82, 2.24) is 14.5 Å². The second kappa shape index (κ2) is 11.3. The number of nitrogens with one attached hydrogen (secondary N) is 1. The molecule has 11 heteroatoms. The molecule has 0 saturated carbocycles. The number of rotatable bonds is 10. The molecule has 0 radical (unpaired) electrons. The van der Waals surface area contributed by atoms with Gasteiger partial charge in [-0.1, -0.05) is 41.9 Å². The van der Waals surface area contributed by atoms with E-state index in [1.807, 2.05) is 6.92 Å². The molecule has 9 nitrogen and oxygen atoms in total. The molecule has 1 amide bonds. The van der Waals surface area contributed by atoms with Crippen LogP contribution in [-0.4, -0.2) is 38.3 Å². The fourth-order valence-corrected chi connectivity index (χ4v) is 5.59. The largest absolute Gasteiger partial charge is 0.497 e. The molecule has 0 aliphatic heterocycles. The topological polar surface area (TPSA) is 126 Å². The summed E-state index contributed by atoms with van der Waals surface area (Å²) in [7, 11) is -1.10. The smallest absolute Gasteiger partial charge is 0.243 e. The van der Waals surface area contributed by atoms with Gasteiger partial charge in [0, 0.05) is 29.4 Å². The van der Waals surface area contributed by atoms with Crippen molar-refractivity contribution >= 4 is 27.5 Å². The molecule has 1 atom stereocenters. The van der Waals surface area contributed by atoms with Crippen LogP contribution in [-0.2, 0) is 21.4 Å². The zero-order valence-electron chi connectivity index (χ0n) is 21.0. The Labute approximate surface area is 226 Å². The van der Waals surface area contributed by atoms with E-state index in [1.54, 1.807) is 67.0 Å². The lowest BCUT2D eigenvalue weighted by Gasteiger charge is -2.19. The number of ether oxygens (including phenoxy) is 2. The molecule has 4 rings (SSSR count). The second-order valence-electron chi connectivity index (χ2n) is 8.55. The average molecular weight is 555 g/mol. The van der Waals surface area contributed by atoms with Gasteiger partial charge in [0.15, 0.2) is 0 Å². The van der Waals surface area contributed by atoms with Crippen LogP contribution in [0.1, 0.15) is 28.2 Å². The first-order valence-corrected chi connectivity index (χ1v) is 13.4. The van der Waals surface area contributed by atoms with Gasteiger partial charge in [0.05, 0.1) is 32.0 Å². The number of nitrogens with two attached hydrogens (primary N) is 1. The molecule has 0 spiro atoms. The van der Waals surface area contributed by atoms with E-state index in [2.05, 4.69) is 9.82 Å². The summed E-state index contributed by atoms with van der Waals surface area (Å²) in [5, 5.41) is 4.63. The number of aryl methyl sites for hydroxylation is 1. The van der Waals surface area contributed by atoms with E-state index in [0.29, 0.717) is 38.9 Å². The first-order valence-electron chi connectivity index (χ1n) is 11.5. The van der Waals surface area contributed by atoms with Crippen LogP contribution in [0.25, 0.3) is 5.69 Å². The monoisotopic (exact) mass is 554 g/mol. The number of hydrogen-bond acceptors (Lipinski definition) is 6. The highest BCUT2D eigenvalue weighted by atomic mass is 35.5. The molecular formula is C27H27ClN4O5S. The number of primary amides is 1. The van der Waals surface area contributed by atoms with E-state index < -0.39 is 21.8 Å². The molecule has 4 aromatic rings. The molecule has 0 fully saturated rings. The van der Waals surface area contributed by atoms with Crippen LogP contribution in [0.4, 0.5) is 0 Å². The third kappa shape index (κ3) is 5.67. The van der Waals surface area contributed by atoms with Crippen LogP contribution in [0.15, 0.2) is 78.0 Å². The highest BCUT2D eigenvalue weighted by Gasteiger charge is 2.27. The summed E-state index contributed by atoms with van der Waals surface area (Å²) in [5.41, 5.74) is 8.38. The number of carbonyl (C=O) groups is 1. The lowest BCUT2D eigenvalue weighted by atomic mass is 9.90. The lowest BCUT2D eigenvalue weighted by Crippen LogP contribution is -2.26. The van der Waals surface area contributed by atoms with Gasteiger partial charge in [-0.05, 0) is 47.9 Å². The first-order chi connectivity index (χ1) is 18.1. The lowest BCUT2D eigenvalue weighted by molar-refractivity contribution is -0.118. The Bertz CT molecular complexity index is 1590. The van der Waals surface area contributed by atoms with E-state index in [4.69, 9.17) is 26.8 Å². The number of carbonyl (C=O) groups excluding carboxylic acids is 1. The minimum atomic E-state index is -4.13. The maximum atomic E-state index is 13.7. The Morgan fingerprint density at radius 1 is 1.11 bits per heavy atom. The standard InChI is InChI=1S/C27H27ClN4O5S/c1-17-14-30-32(16-17)23-11-9-18(26(27(29)33)21-6-4-5-7-22(21)28)12-25(23)38(34,35)31-15-19-8-10-20(36-2)13-24(19)37-3/h4-14,16,26,31H,15H2,1-3H3,(H2,29,33). The zero-order chi connectivity index (χ0) is 27.4. The van der Waals surface area contributed by atoms with Crippen molar-refractivity contribution in [3.63, 3.8) is 0 Å². The van der Waals surface area contributed by atoms with Crippen molar-refractivity contribution in [2.24, 2.45) is 5.73 Å². The number of halogens is 1. The van der Waals surface area contributed by atoms with Gasteiger partial charge in [0.25, 0.3) is 0 Å². The number of nitrogens with zero attached hydrogens (tertiary/aromatic N) is 2. The van der Waals surface area contributed by atoms with Gasteiger partial charge in [0.1, 0.15) is 16.4 Å². The summed E-state index contributed by atoms with van der Waals surface area (Å²) in [6, 6.07) is 16.6. The Morgan fingerprint density at radius 2 is 1.87 bits per heavy atom. The number of benzene rings is 3. The van der Waals surface area contributed by atoms with Gasteiger partial charge in [-0.2, -0.15) is 5.10 Å². The van der Waals surface area contributed by atoms with Crippen molar-refractivity contribution in [3.8, 4) is 17.2 Å². The van der Waals surface area contributed by atoms with E-state index >= 15 is 0 Å². The Kier molecular flexibility index (Phi) is 8.05. The van der Waals surface area contributed by atoms with E-state index in [0.717, 1.165) is 5.56 Å². The predicted octanol–water partition coefficient (Wildman–Crippen LogP) is 3.95. The third-order valence-electron chi connectivity index (χ3n) is 6.01. The van der Waals surface area contributed by atoms with Crippen LogP contribution in [0.5, 0.6) is 11.5 Å². The van der Waals surface area contributed by atoms with E-state index in [-0.39, 0.29) is 11.4 Å². The molecule has 1 unspecified atom stereocenters. The quantitative estimate of drug-likeness (QED) is 0.306. The van der Waals surface area contributed by atoms with Gasteiger partial charge in [-0.3, -0.25) is 4.79 Å². The number of amides is 1. The maximum Gasteiger partial charge on any atom is 0.243 e. The van der Waals surface area contributed by atoms with Gasteiger partial charge in [-0.25, -0.2) is 17.8 Å². The molecule has 0 aliphatic rings. The summed E-state index contributed by atoms with van der Waals surface area (Å²) >= 11 is 6.37. The van der Waals surface area contributed by atoms with Crippen LogP contribution in [0, 0.1) is 6.92 Å². The maximum absolute atomic E-state index is 13.7. The van der Waals surface area contributed by atoms with Crippen molar-refractivity contribution < 1.29 is 22.7 Å². The van der Waals surface area contributed by atoms with E-state index in [9.17, 15) is 13.2 Å². The van der Waals surface area contributed by atoms with Gasteiger partial charge in [0.2, 0.25) is 15.9 Å². The fraction of sp³-hybridized carbons (Fsp3) is 0.185. The van der Waals surface area contributed by atoms with Crippen molar-refractivity contribution in [2.45, 2.75) is 24.3 Å². The molecule has 3 aromatic carbocycles. The van der Waals surface area contributed by atoms with Gasteiger partial charge < -0.3 is 15.2 Å². The fourth-order valence-electron chi connectivity index (χ4n) is 4.11. The van der Waals surface area contributed by atoms with Gasteiger partial charge in [-0.15, -0.1) is 0 Å². The summed E-state index contributed by atoms with van der Waals surface area (Å²) in [6.07, 6.45) is 3.33. The first kappa shape index (κ1) is 27.2. The molecule has 0 saturated heterocycles. The molecule has 0 bridgehead atoms. The number of sulfonamides is 1. The summed E-state index contributed by atoms with van der Waals surface area (Å²) in [5.74, 6) is -0.585. The summed E-state index contributed by atoms with van der Waals surface area (Å²) in [4.78, 5) is 12.5. The van der Waals surface area contributed by atoms with Crippen molar-refractivity contribution in [2.75, 3.05) is 14.2 Å². The number of aromatic nitrogens is 2. The SMILES string of the molecule is COc1ccc(CNS(=O)(=O)c2cc(C(C(N)=O)c3ccccc3Cl)ccc2-n2cc(C)cn2)c(OC)c1.